The summed E-state index contributed by atoms with van der Waals surface area (Å²) in [6, 6.07) is 24.0. The van der Waals surface area contributed by atoms with Crippen molar-refractivity contribution < 1.29 is 14.4 Å². The molecule has 0 saturated heterocycles. The minimum absolute atomic E-state index is 0.145. The molecule has 1 heterocycles. The van der Waals surface area contributed by atoms with E-state index < -0.39 is 5.92 Å². The standard InChI is InChI=1S/C28H24AsN3O3S/c1-18(33)30-16-24(28(35)31-23-5-3-2-4-6-23)19-7-9-20(10-8-19)27(34)32-26-15-21(11-12-25(26)29)22-13-14-36-17-22/h2-15,17,24H,16H2,1H3,(H,30,33)(H,31,35)(H,32,34). The van der Waals surface area contributed by atoms with E-state index in [9.17, 15) is 14.4 Å². The zero-order valence-corrected chi connectivity index (χ0v) is 22.2. The van der Waals surface area contributed by atoms with Gasteiger partial charge < -0.3 is 0 Å². The first kappa shape index (κ1) is 25.4. The summed E-state index contributed by atoms with van der Waals surface area (Å²) >= 11 is 4.09. The number of thiophene rings is 1. The Balaban J connectivity index is 1.50. The molecule has 2 radical (unpaired) electrons. The van der Waals surface area contributed by atoms with E-state index in [1.54, 1.807) is 47.7 Å². The van der Waals surface area contributed by atoms with Gasteiger partial charge in [0, 0.05) is 6.92 Å². The number of hydrogen-bond donors (Lipinski definition) is 3. The molecular formula is C28H24AsN3O3S. The van der Waals surface area contributed by atoms with E-state index in [0.717, 1.165) is 21.2 Å². The van der Waals surface area contributed by atoms with Gasteiger partial charge in [-0.3, -0.25) is 4.79 Å². The summed E-state index contributed by atoms with van der Waals surface area (Å²) in [5.41, 5.74) is 4.69. The molecule has 1 aromatic heterocycles. The number of rotatable bonds is 8. The van der Waals surface area contributed by atoms with Crippen molar-refractivity contribution >= 4 is 61.6 Å². The third-order valence-corrected chi connectivity index (χ3v) is 7.09. The number of benzene rings is 3. The normalized spacial score (nSPS) is 11.4. The van der Waals surface area contributed by atoms with Crippen LogP contribution in [-0.2, 0) is 9.59 Å². The van der Waals surface area contributed by atoms with Crippen LogP contribution in [0.4, 0.5) is 11.4 Å². The number of carbonyl (C=O) groups excluding carboxylic acids is 3. The summed E-state index contributed by atoms with van der Waals surface area (Å²) < 4.78 is 0.902. The minimum atomic E-state index is -0.618. The van der Waals surface area contributed by atoms with Crippen molar-refractivity contribution in [2.75, 3.05) is 17.2 Å². The molecule has 3 amide bonds. The Morgan fingerprint density at radius 1 is 0.889 bits per heavy atom. The van der Waals surface area contributed by atoms with Gasteiger partial charge in [-0.2, -0.15) is 0 Å². The SMILES string of the molecule is CC(=O)NCC(C(=O)Nc1ccccc1)c1ccc(C(=O)Nc2cc(-c3ccsc3)ccc2[As])cc1. The topological polar surface area (TPSA) is 87.3 Å². The van der Waals surface area contributed by atoms with Crippen LogP contribution < -0.4 is 20.3 Å². The first-order chi connectivity index (χ1) is 17.4. The summed E-state index contributed by atoms with van der Waals surface area (Å²) in [6.07, 6.45) is 0. The summed E-state index contributed by atoms with van der Waals surface area (Å²) in [5, 5.41) is 12.7. The Hall–Kier alpha value is -3.67. The molecule has 0 bridgehead atoms. The van der Waals surface area contributed by atoms with E-state index in [-0.39, 0.29) is 24.3 Å². The Kier molecular flexibility index (Phi) is 8.36. The Morgan fingerprint density at radius 2 is 1.64 bits per heavy atom. The van der Waals surface area contributed by atoms with E-state index >= 15 is 0 Å². The van der Waals surface area contributed by atoms with Gasteiger partial charge in [0.25, 0.3) is 0 Å². The number of nitrogens with one attached hydrogen (secondary N) is 3. The molecule has 0 aliphatic carbocycles. The molecule has 36 heavy (non-hydrogen) atoms. The molecule has 1 atom stereocenters. The monoisotopic (exact) mass is 557 g/mol. The van der Waals surface area contributed by atoms with Gasteiger partial charge in [-0.1, -0.05) is 18.2 Å². The molecule has 0 aliphatic rings. The van der Waals surface area contributed by atoms with Gasteiger partial charge in [0.05, 0.1) is 0 Å². The van der Waals surface area contributed by atoms with E-state index in [1.165, 1.54) is 6.92 Å². The average molecular weight is 558 g/mol. The molecule has 0 saturated carbocycles. The van der Waals surface area contributed by atoms with E-state index in [0.29, 0.717) is 16.8 Å². The molecule has 0 aliphatic heterocycles. The van der Waals surface area contributed by atoms with Gasteiger partial charge in [-0.25, -0.2) is 0 Å². The molecule has 3 N–H and O–H groups in total. The van der Waals surface area contributed by atoms with Crippen LogP contribution in [0.25, 0.3) is 11.1 Å². The van der Waals surface area contributed by atoms with Crippen LogP contribution in [0.15, 0.2) is 89.6 Å². The average Bonchev–Trinajstić information content (AvgIpc) is 3.41. The number of carbonyl (C=O) groups is 3. The fourth-order valence-electron chi connectivity index (χ4n) is 3.66. The zero-order valence-electron chi connectivity index (χ0n) is 19.5. The van der Waals surface area contributed by atoms with Gasteiger partial charge in [0.2, 0.25) is 0 Å². The van der Waals surface area contributed by atoms with Crippen LogP contribution in [0.5, 0.6) is 0 Å². The van der Waals surface area contributed by atoms with Crippen molar-refractivity contribution in [1.29, 1.82) is 0 Å². The summed E-state index contributed by atoms with van der Waals surface area (Å²) in [7, 11) is 0. The van der Waals surface area contributed by atoms with Gasteiger partial charge in [-0.05, 0) is 12.1 Å². The molecular weight excluding hydrogens is 533 g/mol. The van der Waals surface area contributed by atoms with Gasteiger partial charge in [-0.15, -0.1) is 0 Å². The van der Waals surface area contributed by atoms with Crippen LogP contribution in [0, 0.1) is 0 Å². The predicted octanol–water partition coefficient (Wildman–Crippen LogP) is 4.32. The van der Waals surface area contributed by atoms with Crippen LogP contribution in [0.2, 0.25) is 0 Å². The fraction of sp³-hybridized carbons (Fsp3) is 0.107. The van der Waals surface area contributed by atoms with Crippen molar-refractivity contribution in [2.45, 2.75) is 12.8 Å². The molecule has 0 fully saturated rings. The molecule has 180 valence electrons. The van der Waals surface area contributed by atoms with Gasteiger partial charge in [0.1, 0.15) is 0 Å². The number of amides is 3. The van der Waals surface area contributed by atoms with Crippen molar-refractivity contribution in [3.63, 3.8) is 0 Å². The van der Waals surface area contributed by atoms with Crippen LogP contribution in [-0.4, -0.2) is 41.1 Å². The van der Waals surface area contributed by atoms with Crippen LogP contribution >= 0.6 is 11.3 Å². The third-order valence-electron chi connectivity index (χ3n) is 5.59. The van der Waals surface area contributed by atoms with Crippen LogP contribution in [0.3, 0.4) is 0 Å². The molecule has 8 heteroatoms. The Morgan fingerprint density at radius 3 is 2.31 bits per heavy atom. The summed E-state index contributed by atoms with van der Waals surface area (Å²) in [5.74, 6) is -1.33. The zero-order chi connectivity index (χ0) is 25.5. The molecule has 6 nitrogen and oxygen atoms in total. The van der Waals surface area contributed by atoms with Crippen molar-refractivity contribution in [3.05, 3.63) is 101 Å². The maximum atomic E-state index is 13.0. The van der Waals surface area contributed by atoms with Crippen LogP contribution in [0.1, 0.15) is 28.8 Å². The number of hydrogen-bond acceptors (Lipinski definition) is 4. The van der Waals surface area contributed by atoms with E-state index in [2.05, 4.69) is 38.2 Å². The summed E-state index contributed by atoms with van der Waals surface area (Å²) in [6.45, 7) is 1.56. The van der Waals surface area contributed by atoms with Crippen molar-refractivity contribution in [1.82, 2.24) is 5.32 Å². The Labute approximate surface area is 222 Å². The quantitative estimate of drug-likeness (QED) is 0.282. The molecule has 1 unspecified atom stereocenters. The molecule has 4 aromatic rings. The third kappa shape index (κ3) is 6.50. The second-order valence-electron chi connectivity index (χ2n) is 8.17. The fourth-order valence-corrected chi connectivity index (χ4v) is 4.74. The second kappa shape index (κ2) is 11.8. The van der Waals surface area contributed by atoms with Crippen molar-refractivity contribution in [3.8, 4) is 11.1 Å². The van der Waals surface area contributed by atoms with Gasteiger partial charge >= 0.3 is 181 Å². The van der Waals surface area contributed by atoms with Gasteiger partial charge in [0.15, 0.2) is 0 Å². The molecule has 3 aromatic carbocycles. The Bertz CT molecular complexity index is 1360. The number of para-hydroxylation sites is 1. The molecule has 4 rings (SSSR count). The first-order valence-electron chi connectivity index (χ1n) is 11.3. The van der Waals surface area contributed by atoms with E-state index in [1.807, 2.05) is 47.8 Å². The van der Waals surface area contributed by atoms with E-state index in [4.69, 9.17) is 0 Å². The first-order valence-corrected chi connectivity index (χ1v) is 13.2. The second-order valence-corrected chi connectivity index (χ2v) is 9.96. The van der Waals surface area contributed by atoms with Crippen molar-refractivity contribution in [2.24, 2.45) is 0 Å². The predicted molar refractivity (Wildman–Crippen MR) is 146 cm³/mol. The number of anilines is 2. The summed E-state index contributed by atoms with van der Waals surface area (Å²) in [4.78, 5) is 37.5. The maximum absolute atomic E-state index is 13.0. The molecule has 0 spiro atoms.